The Kier molecular flexibility index (Phi) is 20.1. The van der Waals surface area contributed by atoms with Crippen molar-refractivity contribution in [2.45, 2.75) is 52.4 Å². The van der Waals surface area contributed by atoms with Crippen LogP contribution in [0.3, 0.4) is 0 Å². The van der Waals surface area contributed by atoms with Gasteiger partial charge in [0.05, 0.1) is 0 Å². The van der Waals surface area contributed by atoms with Crippen molar-refractivity contribution in [3.05, 3.63) is 0 Å². The topological polar surface area (TPSA) is 80.3 Å². The molecule has 0 amide bonds. The molecule has 82 valence electrons. The molecular formula is C8H18NaO4S-. The van der Waals surface area contributed by atoms with Gasteiger partial charge < -0.3 is 9.11 Å². The van der Waals surface area contributed by atoms with Crippen LogP contribution in [0.2, 0.25) is 0 Å². The van der Waals surface area contributed by atoms with Gasteiger partial charge in [0.25, 0.3) is 0 Å². The maximum absolute atomic E-state index is 8.52. The van der Waals surface area contributed by atoms with Gasteiger partial charge >= 0.3 is 29.6 Å². The van der Waals surface area contributed by atoms with E-state index in [1.807, 2.05) is 0 Å². The molecule has 6 heteroatoms. The quantitative estimate of drug-likeness (QED) is 0.265. The van der Waals surface area contributed by atoms with Gasteiger partial charge in [-0.1, -0.05) is 52.4 Å². The molecule has 0 fully saturated rings. The largest absolute Gasteiger partial charge is 1.00 e. The minimum absolute atomic E-state index is 0. The third kappa shape index (κ3) is 52.6. The molecule has 0 aliphatic heterocycles. The van der Waals surface area contributed by atoms with Crippen LogP contribution in [-0.2, 0) is 10.4 Å². The van der Waals surface area contributed by atoms with Gasteiger partial charge in [-0.15, -0.1) is 0 Å². The SMILES string of the molecule is CCCCCCCC.O=S(=O)([O-])[O-].[Na+]. The zero-order valence-electron chi connectivity index (χ0n) is 9.28. The van der Waals surface area contributed by atoms with Crippen molar-refractivity contribution in [1.82, 2.24) is 0 Å². The zero-order valence-corrected chi connectivity index (χ0v) is 12.1. The van der Waals surface area contributed by atoms with E-state index in [-0.39, 0.29) is 29.6 Å². The van der Waals surface area contributed by atoms with E-state index in [0.717, 1.165) is 0 Å². The molecule has 0 aromatic rings. The molecule has 0 atom stereocenters. The van der Waals surface area contributed by atoms with E-state index in [1.54, 1.807) is 0 Å². The molecule has 0 radical (unpaired) electrons. The molecule has 0 N–H and O–H groups in total. The van der Waals surface area contributed by atoms with Gasteiger partial charge in [0.15, 0.2) is 0 Å². The first-order valence-electron chi connectivity index (χ1n) is 4.58. The fourth-order valence-corrected chi connectivity index (χ4v) is 0.854. The summed E-state index contributed by atoms with van der Waals surface area (Å²) in [7, 11) is -5.17. The van der Waals surface area contributed by atoms with Crippen molar-refractivity contribution in [2.24, 2.45) is 0 Å². The summed E-state index contributed by atoms with van der Waals surface area (Å²) >= 11 is 0. The molecular weight excluding hydrogens is 215 g/mol. The third-order valence-electron chi connectivity index (χ3n) is 1.46. The fourth-order valence-electron chi connectivity index (χ4n) is 0.854. The van der Waals surface area contributed by atoms with E-state index in [1.165, 1.54) is 38.5 Å². The van der Waals surface area contributed by atoms with Gasteiger partial charge in [0.2, 0.25) is 0 Å². The van der Waals surface area contributed by atoms with Gasteiger partial charge in [0.1, 0.15) is 0 Å². The molecule has 0 spiro atoms. The predicted molar refractivity (Wildman–Crippen MR) is 49.5 cm³/mol. The Labute approximate surface area is 109 Å². The Balaban J connectivity index is -0.000000177. The van der Waals surface area contributed by atoms with Crippen molar-refractivity contribution in [3.8, 4) is 0 Å². The van der Waals surface area contributed by atoms with Crippen LogP contribution in [-0.4, -0.2) is 17.5 Å². The van der Waals surface area contributed by atoms with Gasteiger partial charge in [-0.25, -0.2) is 0 Å². The van der Waals surface area contributed by atoms with Crippen LogP contribution in [0.5, 0.6) is 0 Å². The molecule has 0 saturated heterocycles. The molecule has 0 aromatic heterocycles. The molecule has 0 unspecified atom stereocenters. The minimum atomic E-state index is -5.17. The van der Waals surface area contributed by atoms with Crippen LogP contribution in [0.1, 0.15) is 52.4 Å². The van der Waals surface area contributed by atoms with Crippen LogP contribution in [0.15, 0.2) is 0 Å². The number of unbranched alkanes of at least 4 members (excludes halogenated alkanes) is 5. The summed E-state index contributed by atoms with van der Waals surface area (Å²) in [5.41, 5.74) is 0. The van der Waals surface area contributed by atoms with Crippen molar-refractivity contribution < 1.29 is 47.1 Å². The van der Waals surface area contributed by atoms with E-state index < -0.39 is 10.4 Å². The Morgan fingerprint density at radius 2 is 1.07 bits per heavy atom. The van der Waals surface area contributed by atoms with Crippen molar-refractivity contribution >= 4 is 10.4 Å². The van der Waals surface area contributed by atoms with Gasteiger partial charge in [0, 0.05) is 10.4 Å². The van der Waals surface area contributed by atoms with Crippen molar-refractivity contribution in [2.75, 3.05) is 0 Å². The standard InChI is InChI=1S/C8H18.Na.H2O4S/c1-3-5-7-8-6-4-2;;1-5(2,3)4/h3-8H2,1-2H3;;(H2,1,2,3,4)/q;+1;/p-2. The molecule has 0 aliphatic carbocycles. The maximum atomic E-state index is 8.52. The smallest absolute Gasteiger partial charge is 0.759 e. The molecule has 0 rings (SSSR count). The summed E-state index contributed by atoms with van der Waals surface area (Å²) in [6.45, 7) is 4.51. The molecule has 0 aromatic carbocycles. The Morgan fingerprint density at radius 3 is 1.21 bits per heavy atom. The van der Waals surface area contributed by atoms with E-state index in [0.29, 0.717) is 0 Å². The van der Waals surface area contributed by atoms with Crippen LogP contribution < -0.4 is 29.6 Å². The summed E-state index contributed by atoms with van der Waals surface area (Å²) in [5, 5.41) is 0. The van der Waals surface area contributed by atoms with Gasteiger partial charge in [-0.3, -0.25) is 8.42 Å². The second-order valence-electron chi connectivity index (χ2n) is 2.82. The second kappa shape index (κ2) is 13.9. The molecule has 0 heterocycles. The fraction of sp³-hybridized carbons (Fsp3) is 1.00. The summed E-state index contributed by atoms with van der Waals surface area (Å²) in [6.07, 6.45) is 8.49. The van der Waals surface area contributed by atoms with Crippen molar-refractivity contribution in [1.29, 1.82) is 0 Å². The predicted octanol–water partition coefficient (Wildman–Crippen LogP) is -0.967. The van der Waals surface area contributed by atoms with Crippen LogP contribution >= 0.6 is 0 Å². The normalized spacial score (nSPS) is 9.71. The van der Waals surface area contributed by atoms with Gasteiger partial charge in [-0.2, -0.15) is 0 Å². The summed E-state index contributed by atoms with van der Waals surface area (Å²) < 4.78 is 34.1. The first kappa shape index (κ1) is 20.3. The Bertz CT molecular complexity index is 166. The molecule has 4 nitrogen and oxygen atoms in total. The average Bonchev–Trinajstić information content (AvgIpc) is 1.95. The summed E-state index contributed by atoms with van der Waals surface area (Å²) in [5.74, 6) is 0. The van der Waals surface area contributed by atoms with Crippen molar-refractivity contribution in [3.63, 3.8) is 0 Å². The molecule has 0 bridgehead atoms. The monoisotopic (exact) mass is 233 g/mol. The van der Waals surface area contributed by atoms with E-state index in [9.17, 15) is 0 Å². The Morgan fingerprint density at radius 1 is 0.857 bits per heavy atom. The van der Waals surface area contributed by atoms with E-state index >= 15 is 0 Å². The average molecular weight is 233 g/mol. The zero-order chi connectivity index (χ0) is 10.7. The van der Waals surface area contributed by atoms with E-state index in [2.05, 4.69) is 13.8 Å². The first-order chi connectivity index (χ1) is 5.91. The first-order valence-corrected chi connectivity index (χ1v) is 5.91. The summed E-state index contributed by atoms with van der Waals surface area (Å²) in [6, 6.07) is 0. The summed E-state index contributed by atoms with van der Waals surface area (Å²) in [4.78, 5) is 0. The molecule has 0 aliphatic rings. The Hall–Kier alpha value is 0.870. The number of rotatable bonds is 5. The number of hydrogen-bond acceptors (Lipinski definition) is 4. The van der Waals surface area contributed by atoms with Crippen LogP contribution in [0.25, 0.3) is 0 Å². The molecule has 0 saturated carbocycles. The van der Waals surface area contributed by atoms with Gasteiger partial charge in [-0.05, 0) is 0 Å². The maximum Gasteiger partial charge on any atom is 1.00 e. The number of hydrogen-bond donors (Lipinski definition) is 0. The molecule has 14 heavy (non-hydrogen) atoms. The minimum Gasteiger partial charge on any atom is -0.759 e. The van der Waals surface area contributed by atoms with Crippen LogP contribution in [0, 0.1) is 0 Å². The second-order valence-corrected chi connectivity index (χ2v) is 3.64. The third-order valence-corrected chi connectivity index (χ3v) is 1.46. The van der Waals surface area contributed by atoms with E-state index in [4.69, 9.17) is 17.5 Å². The van der Waals surface area contributed by atoms with Crippen LogP contribution in [0.4, 0.5) is 0 Å².